The zero-order valence-electron chi connectivity index (χ0n) is 16.9. The van der Waals surface area contributed by atoms with E-state index >= 15 is 0 Å². The van der Waals surface area contributed by atoms with Crippen LogP contribution in [0.4, 0.5) is 11.4 Å². The topological polar surface area (TPSA) is 127 Å². The van der Waals surface area contributed by atoms with E-state index in [9.17, 15) is 19.5 Å². The number of methoxy groups -OCH3 is 2. The molecule has 2 rings (SSSR count). The number of anilines is 1. The van der Waals surface area contributed by atoms with E-state index in [1.54, 1.807) is 12.1 Å². The van der Waals surface area contributed by atoms with Gasteiger partial charge in [0.05, 0.1) is 25.3 Å². The highest BCUT2D eigenvalue weighted by molar-refractivity contribution is 6.03. The second-order valence-electron chi connectivity index (χ2n) is 6.17. The Morgan fingerprint density at radius 1 is 0.967 bits per heavy atom. The highest BCUT2D eigenvalue weighted by Gasteiger charge is 2.17. The van der Waals surface area contributed by atoms with Crippen LogP contribution in [0.5, 0.6) is 0 Å². The van der Waals surface area contributed by atoms with E-state index in [-0.39, 0.29) is 28.3 Å². The van der Waals surface area contributed by atoms with Crippen molar-refractivity contribution in [1.82, 2.24) is 0 Å². The Labute approximate surface area is 173 Å². The van der Waals surface area contributed by atoms with Crippen molar-refractivity contribution in [3.05, 3.63) is 70.6 Å². The van der Waals surface area contributed by atoms with E-state index in [4.69, 9.17) is 4.74 Å². The summed E-state index contributed by atoms with van der Waals surface area (Å²) in [4.78, 5) is 36.3. The number of rotatable bonds is 6. The Kier molecular flexibility index (Phi) is 7.40. The molecule has 0 unspecified atom stereocenters. The second-order valence-corrected chi connectivity index (χ2v) is 6.17. The summed E-state index contributed by atoms with van der Waals surface area (Å²) < 4.78 is 9.35. The summed E-state index contributed by atoms with van der Waals surface area (Å²) in [6, 6.07) is 11.0. The summed E-state index contributed by atoms with van der Waals surface area (Å²) in [5.74, 6) is -2.44. The van der Waals surface area contributed by atoms with Crippen molar-refractivity contribution in [2.24, 2.45) is 10.2 Å². The van der Waals surface area contributed by atoms with Gasteiger partial charge in [0.2, 0.25) is 0 Å². The van der Waals surface area contributed by atoms with Gasteiger partial charge < -0.3 is 19.9 Å². The van der Waals surface area contributed by atoms with E-state index in [0.717, 1.165) is 5.56 Å². The first kappa shape index (κ1) is 22.3. The first-order valence-electron chi connectivity index (χ1n) is 8.77. The molecule has 2 N–H and O–H groups in total. The van der Waals surface area contributed by atoms with Crippen LogP contribution >= 0.6 is 0 Å². The third kappa shape index (κ3) is 5.51. The average molecular weight is 411 g/mol. The molecule has 0 saturated heterocycles. The number of hydrogen-bond donors (Lipinski definition) is 2. The molecule has 0 spiro atoms. The fourth-order valence-corrected chi connectivity index (χ4v) is 2.35. The highest BCUT2D eigenvalue weighted by Crippen LogP contribution is 2.24. The minimum Gasteiger partial charge on any atom is -0.510 e. The molecular weight excluding hydrogens is 390 g/mol. The third-order valence-corrected chi connectivity index (χ3v) is 3.95. The number of carbonyl (C=O) groups is 3. The Balaban J connectivity index is 2.38. The van der Waals surface area contributed by atoms with Gasteiger partial charge in [0.1, 0.15) is 11.4 Å². The monoisotopic (exact) mass is 411 g/mol. The Bertz CT molecular complexity index is 1020. The van der Waals surface area contributed by atoms with Crippen molar-refractivity contribution in [1.29, 1.82) is 0 Å². The van der Waals surface area contributed by atoms with Gasteiger partial charge in [-0.25, -0.2) is 9.59 Å². The quantitative estimate of drug-likeness (QED) is 0.319. The van der Waals surface area contributed by atoms with Crippen molar-refractivity contribution in [2.45, 2.75) is 13.8 Å². The summed E-state index contributed by atoms with van der Waals surface area (Å²) in [5.41, 5.74) is 1.25. The lowest BCUT2D eigenvalue weighted by atomic mass is 10.1. The maximum absolute atomic E-state index is 12.5. The predicted molar refractivity (Wildman–Crippen MR) is 109 cm³/mol. The van der Waals surface area contributed by atoms with E-state index in [0.29, 0.717) is 5.69 Å². The average Bonchev–Trinajstić information content (AvgIpc) is 2.74. The number of hydrogen-bond acceptors (Lipinski definition) is 8. The molecule has 0 bridgehead atoms. The van der Waals surface area contributed by atoms with Gasteiger partial charge in [-0.15, -0.1) is 10.2 Å². The SMILES string of the molecule is COC(=O)c1ccc(C(=O)OC)c(N=N/C(C(=O)Nc2ccc(C)cc2)=C(\C)O)c1. The van der Waals surface area contributed by atoms with Gasteiger partial charge in [0.25, 0.3) is 5.91 Å². The number of ether oxygens (including phenoxy) is 2. The normalized spacial score (nSPS) is 11.6. The van der Waals surface area contributed by atoms with Crippen LogP contribution in [0.2, 0.25) is 0 Å². The largest absolute Gasteiger partial charge is 0.510 e. The van der Waals surface area contributed by atoms with Gasteiger partial charge in [0.15, 0.2) is 5.70 Å². The minimum atomic E-state index is -0.712. The molecule has 156 valence electrons. The lowest BCUT2D eigenvalue weighted by Gasteiger charge is -2.07. The van der Waals surface area contributed by atoms with Crippen LogP contribution in [0.3, 0.4) is 0 Å². The number of esters is 2. The van der Waals surface area contributed by atoms with Gasteiger partial charge in [-0.3, -0.25) is 4.79 Å². The van der Waals surface area contributed by atoms with Gasteiger partial charge in [-0.05, 0) is 44.2 Å². The van der Waals surface area contributed by atoms with Crippen LogP contribution < -0.4 is 5.32 Å². The summed E-state index contributed by atoms with van der Waals surface area (Å²) >= 11 is 0. The van der Waals surface area contributed by atoms with Crippen molar-refractivity contribution in [3.8, 4) is 0 Å². The molecule has 30 heavy (non-hydrogen) atoms. The molecule has 9 nitrogen and oxygen atoms in total. The van der Waals surface area contributed by atoms with Crippen LogP contribution in [0.15, 0.2) is 64.1 Å². The summed E-state index contributed by atoms with van der Waals surface area (Å²) in [7, 11) is 2.40. The lowest BCUT2D eigenvalue weighted by molar-refractivity contribution is -0.113. The zero-order valence-corrected chi connectivity index (χ0v) is 16.9. The van der Waals surface area contributed by atoms with E-state index in [1.807, 2.05) is 19.1 Å². The molecule has 0 atom stereocenters. The number of nitrogens with zero attached hydrogens (tertiary/aromatic N) is 2. The Morgan fingerprint density at radius 2 is 1.60 bits per heavy atom. The van der Waals surface area contributed by atoms with E-state index < -0.39 is 17.8 Å². The molecule has 9 heteroatoms. The second kappa shape index (κ2) is 9.97. The number of aliphatic hydroxyl groups is 1. The van der Waals surface area contributed by atoms with E-state index in [2.05, 4.69) is 20.3 Å². The number of amides is 1. The number of aryl methyl sites for hydroxylation is 1. The van der Waals surface area contributed by atoms with Crippen LogP contribution in [-0.2, 0) is 14.3 Å². The Hall–Kier alpha value is -4.01. The molecule has 0 aromatic heterocycles. The number of allylic oxidation sites excluding steroid dienone is 1. The van der Waals surface area contributed by atoms with Gasteiger partial charge >= 0.3 is 11.9 Å². The smallest absolute Gasteiger partial charge is 0.340 e. The molecule has 0 aliphatic carbocycles. The summed E-state index contributed by atoms with van der Waals surface area (Å²) in [5, 5.41) is 20.2. The molecule has 0 aliphatic heterocycles. The molecule has 2 aromatic rings. The fourth-order valence-electron chi connectivity index (χ4n) is 2.35. The molecule has 0 aliphatic rings. The zero-order chi connectivity index (χ0) is 22.3. The highest BCUT2D eigenvalue weighted by atomic mass is 16.5. The maximum Gasteiger partial charge on any atom is 0.340 e. The molecule has 1 amide bonds. The van der Waals surface area contributed by atoms with Crippen LogP contribution in [-0.4, -0.2) is 37.2 Å². The molecule has 2 aromatic carbocycles. The fraction of sp³-hybridized carbons (Fsp3) is 0.190. The standard InChI is InChI=1S/C21H21N3O6/c1-12-5-8-15(9-6-12)22-19(26)18(13(2)25)24-23-17-11-14(20(27)29-3)7-10-16(17)21(28)30-4/h5-11,25H,1-4H3,(H,22,26)/b18-13+,24-23?. The first-order chi connectivity index (χ1) is 14.3. The van der Waals surface area contributed by atoms with Crippen LogP contribution in [0.1, 0.15) is 33.2 Å². The Morgan fingerprint density at radius 3 is 2.17 bits per heavy atom. The van der Waals surface area contributed by atoms with E-state index in [1.165, 1.54) is 39.3 Å². The lowest BCUT2D eigenvalue weighted by Crippen LogP contribution is -2.14. The van der Waals surface area contributed by atoms with Crippen LogP contribution in [0, 0.1) is 6.92 Å². The maximum atomic E-state index is 12.5. The number of aliphatic hydroxyl groups excluding tert-OH is 1. The third-order valence-electron chi connectivity index (χ3n) is 3.95. The van der Waals surface area contributed by atoms with Crippen molar-refractivity contribution in [2.75, 3.05) is 19.5 Å². The minimum absolute atomic E-state index is 0.0165. The molecule has 0 saturated carbocycles. The van der Waals surface area contributed by atoms with Crippen LogP contribution in [0.25, 0.3) is 0 Å². The van der Waals surface area contributed by atoms with Crippen molar-refractivity contribution >= 4 is 29.2 Å². The van der Waals surface area contributed by atoms with Gasteiger partial charge in [-0.2, -0.15) is 0 Å². The molecule has 0 radical (unpaired) electrons. The summed E-state index contributed by atoms with van der Waals surface area (Å²) in [6.07, 6.45) is 0. The molecule has 0 heterocycles. The van der Waals surface area contributed by atoms with Crippen molar-refractivity contribution < 1.29 is 29.0 Å². The molecule has 0 fully saturated rings. The number of nitrogens with one attached hydrogen (secondary N) is 1. The van der Waals surface area contributed by atoms with Gasteiger partial charge in [0, 0.05) is 5.69 Å². The summed E-state index contributed by atoms with van der Waals surface area (Å²) in [6.45, 7) is 3.18. The number of azo groups is 1. The number of benzene rings is 2. The van der Waals surface area contributed by atoms with Gasteiger partial charge in [-0.1, -0.05) is 17.7 Å². The molecular formula is C21H21N3O6. The predicted octanol–water partition coefficient (Wildman–Crippen LogP) is 4.08. The number of carbonyl (C=O) groups excluding carboxylic acids is 3. The van der Waals surface area contributed by atoms with Crippen molar-refractivity contribution in [3.63, 3.8) is 0 Å². The first-order valence-corrected chi connectivity index (χ1v) is 8.77.